The van der Waals surface area contributed by atoms with Gasteiger partial charge in [0.1, 0.15) is 22.8 Å². The normalized spacial score (nSPS) is 25.0. The summed E-state index contributed by atoms with van der Waals surface area (Å²) in [5.74, 6) is -5.12. The largest absolute Gasteiger partial charge is 0.511 e. The number of aliphatic hydroxyl groups is 2. The predicted molar refractivity (Wildman–Crippen MR) is 121 cm³/mol. The molecule has 0 heterocycles. The van der Waals surface area contributed by atoms with E-state index < -0.39 is 40.6 Å². The van der Waals surface area contributed by atoms with E-state index >= 15 is 0 Å². The number of hydrogen-bond donors (Lipinski definition) is 5. The van der Waals surface area contributed by atoms with E-state index in [1.807, 2.05) is 6.07 Å². The van der Waals surface area contributed by atoms with Crippen molar-refractivity contribution in [1.29, 1.82) is 0 Å². The second-order valence-corrected chi connectivity index (χ2v) is 10.5. The molecule has 0 bridgehead atoms. The Kier molecular flexibility index (Phi) is 5.60. The lowest BCUT2D eigenvalue weighted by atomic mass is 9.61. The average molecular weight is 455 g/mol. The summed E-state index contributed by atoms with van der Waals surface area (Å²) in [5, 5.41) is 35.6. The van der Waals surface area contributed by atoms with Gasteiger partial charge in [0.15, 0.2) is 11.6 Å². The molecule has 0 spiro atoms. The number of aromatic hydroxyl groups is 1. The molecule has 4 rings (SSSR count). The quantitative estimate of drug-likeness (QED) is 0.439. The molecule has 8 heteroatoms. The Labute approximate surface area is 192 Å². The molecule has 3 aliphatic rings. The number of primary amides is 1. The molecule has 1 aromatic carbocycles. The zero-order valence-electron chi connectivity index (χ0n) is 19.1. The summed E-state index contributed by atoms with van der Waals surface area (Å²) in [5.41, 5.74) is 6.86. The van der Waals surface area contributed by atoms with E-state index in [-0.39, 0.29) is 40.4 Å². The molecule has 0 aromatic heterocycles. The first-order valence-corrected chi connectivity index (χ1v) is 11.2. The van der Waals surface area contributed by atoms with E-state index in [9.17, 15) is 29.7 Å². The maximum absolute atomic E-state index is 13.4. The predicted octanol–water partition coefficient (Wildman–Crippen LogP) is 2.44. The second kappa shape index (κ2) is 8.02. The van der Waals surface area contributed by atoms with Gasteiger partial charge in [0.25, 0.3) is 5.91 Å². The summed E-state index contributed by atoms with van der Waals surface area (Å²) in [4.78, 5) is 37.5. The van der Waals surface area contributed by atoms with Crippen molar-refractivity contribution < 1.29 is 29.7 Å². The Morgan fingerprint density at radius 1 is 1.15 bits per heavy atom. The fourth-order valence-electron chi connectivity index (χ4n) is 5.44. The van der Waals surface area contributed by atoms with Crippen LogP contribution in [0.4, 0.5) is 0 Å². The van der Waals surface area contributed by atoms with Crippen LogP contribution in [0.2, 0.25) is 0 Å². The molecule has 1 saturated carbocycles. The van der Waals surface area contributed by atoms with Gasteiger partial charge in [-0.15, -0.1) is 0 Å². The molecular formula is C25H30N2O6. The van der Waals surface area contributed by atoms with Crippen LogP contribution >= 0.6 is 0 Å². The third-order valence-electron chi connectivity index (χ3n) is 6.84. The molecule has 6 N–H and O–H groups in total. The molecule has 1 fully saturated rings. The lowest BCUT2D eigenvalue weighted by Crippen LogP contribution is -2.44. The fraction of sp³-hybridized carbons (Fsp3) is 0.480. The number of rotatable bonds is 4. The van der Waals surface area contributed by atoms with Crippen LogP contribution < -0.4 is 11.1 Å². The van der Waals surface area contributed by atoms with Crippen molar-refractivity contribution in [1.82, 2.24) is 5.32 Å². The van der Waals surface area contributed by atoms with Gasteiger partial charge < -0.3 is 26.4 Å². The number of hydrogen-bond acceptors (Lipinski definition) is 7. The van der Waals surface area contributed by atoms with E-state index in [0.717, 1.165) is 17.7 Å². The number of carbonyl (C=O) groups is 3. The highest BCUT2D eigenvalue weighted by molar-refractivity contribution is 6.21. The summed E-state index contributed by atoms with van der Waals surface area (Å²) >= 11 is 0. The van der Waals surface area contributed by atoms with E-state index in [1.54, 1.807) is 0 Å². The lowest BCUT2D eigenvalue weighted by molar-refractivity contribution is -0.127. The fourth-order valence-corrected chi connectivity index (χ4v) is 5.44. The third kappa shape index (κ3) is 3.93. The van der Waals surface area contributed by atoms with Gasteiger partial charge >= 0.3 is 0 Å². The molecular weight excluding hydrogens is 424 g/mol. The number of Topliss-reactive ketones (excluding diaryl/α,β-unsaturated/α-hetero) is 2. The van der Waals surface area contributed by atoms with E-state index in [4.69, 9.17) is 5.73 Å². The van der Waals surface area contributed by atoms with Crippen LogP contribution in [0.1, 0.15) is 50.3 Å². The number of allylic oxidation sites excluding steroid dienone is 2. The van der Waals surface area contributed by atoms with Gasteiger partial charge in [-0.25, -0.2) is 0 Å². The SMILES string of the molecule is CC(C)(C)CNCc1ccc(O)c2c1C[C@H]1C[C@H]3CC(=O)C(C(N)=O)=C(O)C3C(=O)C1=C2O. The van der Waals surface area contributed by atoms with Crippen molar-refractivity contribution in [2.24, 2.45) is 28.9 Å². The standard InChI is InChI=1S/C25H30N2O6/c1-25(2,3)10-27-9-11-4-5-15(28)19-14(11)7-12-6-13-8-16(29)20(24(26)33)23(32)18(13)21(30)17(12)22(19)31/h4-5,12-13,18,27-28,31-32H,6-10H2,1-3H3,(H2,26,33)/t12-,13+,18?/m1/s1. The van der Waals surface area contributed by atoms with Crippen molar-refractivity contribution in [3.05, 3.63) is 45.7 Å². The monoisotopic (exact) mass is 454 g/mol. The smallest absolute Gasteiger partial charge is 0.255 e. The van der Waals surface area contributed by atoms with E-state index in [0.29, 0.717) is 19.4 Å². The molecule has 33 heavy (non-hydrogen) atoms. The third-order valence-corrected chi connectivity index (χ3v) is 6.84. The van der Waals surface area contributed by atoms with Crippen LogP contribution in [-0.2, 0) is 27.3 Å². The number of fused-ring (bicyclic) bond motifs is 3. The highest BCUT2D eigenvalue weighted by atomic mass is 16.3. The minimum Gasteiger partial charge on any atom is -0.511 e. The van der Waals surface area contributed by atoms with E-state index in [2.05, 4.69) is 26.1 Å². The Morgan fingerprint density at radius 2 is 1.85 bits per heavy atom. The van der Waals surface area contributed by atoms with Crippen molar-refractivity contribution in [2.45, 2.75) is 46.6 Å². The number of phenolic OH excluding ortho intramolecular Hbond substituents is 1. The maximum atomic E-state index is 13.4. The van der Waals surface area contributed by atoms with Crippen molar-refractivity contribution >= 4 is 23.2 Å². The second-order valence-electron chi connectivity index (χ2n) is 10.5. The zero-order valence-corrected chi connectivity index (χ0v) is 19.1. The van der Waals surface area contributed by atoms with Gasteiger partial charge in [-0.3, -0.25) is 14.4 Å². The van der Waals surface area contributed by atoms with E-state index in [1.165, 1.54) is 6.07 Å². The zero-order chi connectivity index (χ0) is 24.2. The van der Waals surface area contributed by atoms with Crippen LogP contribution in [-0.4, -0.2) is 39.3 Å². The van der Waals surface area contributed by atoms with Crippen LogP contribution in [0.5, 0.6) is 5.75 Å². The number of aliphatic hydroxyl groups excluding tert-OH is 2. The van der Waals surface area contributed by atoms with Crippen LogP contribution in [0, 0.1) is 23.2 Å². The van der Waals surface area contributed by atoms with Gasteiger partial charge in [-0.05, 0) is 47.3 Å². The number of nitrogens with two attached hydrogens (primary N) is 1. The summed E-state index contributed by atoms with van der Waals surface area (Å²) in [7, 11) is 0. The van der Waals surface area contributed by atoms with Gasteiger partial charge in [0, 0.05) is 25.1 Å². The number of amides is 1. The molecule has 1 unspecified atom stereocenters. The van der Waals surface area contributed by atoms with Crippen LogP contribution in [0.25, 0.3) is 5.76 Å². The van der Waals surface area contributed by atoms with Crippen LogP contribution in [0.3, 0.4) is 0 Å². The molecule has 0 saturated heterocycles. The minimum absolute atomic E-state index is 0.0594. The Morgan fingerprint density at radius 3 is 2.48 bits per heavy atom. The number of nitrogens with one attached hydrogen (secondary N) is 1. The first-order valence-electron chi connectivity index (χ1n) is 11.2. The Balaban J connectivity index is 1.75. The van der Waals surface area contributed by atoms with Gasteiger partial charge in [0.05, 0.1) is 11.5 Å². The number of ketones is 2. The molecule has 1 amide bonds. The van der Waals surface area contributed by atoms with Crippen molar-refractivity contribution in [2.75, 3.05) is 6.54 Å². The van der Waals surface area contributed by atoms with Crippen molar-refractivity contribution in [3.63, 3.8) is 0 Å². The Hall–Kier alpha value is -3.13. The summed E-state index contributed by atoms with van der Waals surface area (Å²) in [6.07, 6.45) is 0.754. The molecule has 8 nitrogen and oxygen atoms in total. The maximum Gasteiger partial charge on any atom is 0.255 e. The topological polar surface area (TPSA) is 150 Å². The van der Waals surface area contributed by atoms with Crippen LogP contribution in [0.15, 0.2) is 29.0 Å². The lowest BCUT2D eigenvalue weighted by Gasteiger charge is -2.41. The molecule has 3 aliphatic carbocycles. The minimum atomic E-state index is -1.10. The summed E-state index contributed by atoms with van der Waals surface area (Å²) < 4.78 is 0. The van der Waals surface area contributed by atoms with Gasteiger partial charge in [-0.1, -0.05) is 26.8 Å². The summed E-state index contributed by atoms with van der Waals surface area (Å²) in [6.45, 7) is 7.68. The average Bonchev–Trinajstić information content (AvgIpc) is 2.67. The molecule has 3 atom stereocenters. The van der Waals surface area contributed by atoms with Crippen molar-refractivity contribution in [3.8, 4) is 5.75 Å². The highest BCUT2D eigenvalue weighted by Crippen LogP contribution is 2.50. The molecule has 0 radical (unpaired) electrons. The molecule has 0 aliphatic heterocycles. The first kappa shape index (κ1) is 23.0. The molecule has 176 valence electrons. The first-order chi connectivity index (χ1) is 15.4. The number of benzene rings is 1. The van der Waals surface area contributed by atoms with Gasteiger partial charge in [-0.2, -0.15) is 0 Å². The highest BCUT2D eigenvalue weighted by Gasteiger charge is 2.50. The summed E-state index contributed by atoms with van der Waals surface area (Å²) in [6, 6.07) is 3.31. The number of carbonyl (C=O) groups excluding carboxylic acids is 3. The molecule has 1 aromatic rings. The number of phenols is 1. The van der Waals surface area contributed by atoms with Gasteiger partial charge in [0.2, 0.25) is 0 Å². The Bertz CT molecular complexity index is 1120.